The monoisotopic (exact) mass is 746 g/mol. The smallest absolute Gasteiger partial charge is 0.309 e. The molecule has 3 aliphatic rings. The van der Waals surface area contributed by atoms with Gasteiger partial charge in [0.05, 0.1) is 29.5 Å². The van der Waals surface area contributed by atoms with Crippen molar-refractivity contribution >= 4 is 5.97 Å². The number of aromatic nitrogens is 1. The minimum atomic E-state index is -1.07. The number of carboxylic acids is 1. The Morgan fingerprint density at radius 1 is 1.02 bits per heavy atom. The van der Waals surface area contributed by atoms with Gasteiger partial charge in [0.15, 0.2) is 0 Å². The van der Waals surface area contributed by atoms with Crippen LogP contribution in [0.1, 0.15) is 121 Å². The molecular weight excluding hydrogens is 679 g/mol. The molecule has 8 unspecified atom stereocenters. The van der Waals surface area contributed by atoms with Crippen molar-refractivity contribution < 1.29 is 30.3 Å². The fourth-order valence-electron chi connectivity index (χ4n) is 9.48. The number of aromatic hydroxyl groups is 1. The first-order valence-electron chi connectivity index (χ1n) is 20.9. The number of H-pyrrole nitrogens is 1. The summed E-state index contributed by atoms with van der Waals surface area (Å²) < 4.78 is 0. The van der Waals surface area contributed by atoms with Crippen LogP contribution in [0.4, 0.5) is 0 Å². The van der Waals surface area contributed by atoms with Crippen molar-refractivity contribution in [1.82, 2.24) is 10.3 Å². The third-order valence-corrected chi connectivity index (χ3v) is 12.5. The second kappa shape index (κ2) is 19.9. The number of nitrogens with one attached hydrogen (secondary N) is 2. The SMILES string of the molecule is CCCCCC1C=CC(CCCCCC(C(=O)O)C(O)CCC2(O)CC(CC3=CCNC(N)=C3)CC2Cc2cc(CC)c(-c3cccc(O)c3)[nH]2)C(O)C1. The summed E-state index contributed by atoms with van der Waals surface area (Å²) in [6.07, 6.45) is 20.8. The highest BCUT2D eigenvalue weighted by atomic mass is 16.4. The van der Waals surface area contributed by atoms with Gasteiger partial charge < -0.3 is 41.6 Å². The first kappa shape index (κ1) is 41.6. The molecule has 2 heterocycles. The lowest BCUT2D eigenvalue weighted by atomic mass is 9.80. The van der Waals surface area contributed by atoms with Crippen LogP contribution in [0.2, 0.25) is 0 Å². The Labute approximate surface area is 322 Å². The molecule has 298 valence electrons. The molecule has 0 saturated heterocycles. The highest BCUT2D eigenvalue weighted by molar-refractivity contribution is 5.70. The van der Waals surface area contributed by atoms with Gasteiger partial charge in [0.1, 0.15) is 5.75 Å². The number of aryl methyl sites for hydroxylation is 1. The standard InChI is InChI=1S/C45H67N3O6/c1-3-5-7-11-30-16-17-34(41(51)24-30)12-8-6-9-15-39(44(52)53)40(50)18-20-45(54)29-32(22-31-19-21-47-42(46)25-31)23-36(45)28-37-26-33(4-2)43(48-37)35-13-10-14-38(49)27-35/h10,13-14,16-17,19,25-27,30,32,34,36,39-41,47-51,54H,3-9,11-12,15,18,20-24,28-29,46H2,1-2H3,(H,52,53). The Morgan fingerprint density at radius 2 is 1.83 bits per heavy atom. The summed E-state index contributed by atoms with van der Waals surface area (Å²) in [5, 5.41) is 57.8. The van der Waals surface area contributed by atoms with Crippen LogP contribution in [-0.4, -0.2) is 60.8 Å². The fraction of sp³-hybridized carbons (Fsp3) is 0.622. The zero-order valence-corrected chi connectivity index (χ0v) is 32.7. The summed E-state index contributed by atoms with van der Waals surface area (Å²) >= 11 is 0. The number of unbranched alkanes of at least 4 members (excludes halogenated alkanes) is 4. The van der Waals surface area contributed by atoms with Gasteiger partial charge in [-0.05, 0) is 124 Å². The van der Waals surface area contributed by atoms with Crippen LogP contribution in [0.5, 0.6) is 5.75 Å². The van der Waals surface area contributed by atoms with Crippen molar-refractivity contribution in [3.8, 4) is 17.0 Å². The minimum Gasteiger partial charge on any atom is -0.508 e. The van der Waals surface area contributed by atoms with E-state index in [1.54, 1.807) is 12.1 Å². The van der Waals surface area contributed by atoms with Crippen LogP contribution < -0.4 is 11.1 Å². The van der Waals surface area contributed by atoms with Crippen molar-refractivity contribution in [1.29, 1.82) is 0 Å². The third kappa shape index (κ3) is 11.5. The van der Waals surface area contributed by atoms with E-state index < -0.39 is 23.6 Å². The second-order valence-electron chi connectivity index (χ2n) is 16.7. The number of phenolic OH excluding ortho intramolecular Hbond substituents is 1. The Morgan fingerprint density at radius 3 is 2.56 bits per heavy atom. The van der Waals surface area contributed by atoms with Crippen LogP contribution in [0, 0.1) is 29.6 Å². The number of nitrogens with two attached hydrogens (primary N) is 1. The van der Waals surface area contributed by atoms with Crippen LogP contribution in [0.3, 0.4) is 0 Å². The molecule has 1 fully saturated rings. The highest BCUT2D eigenvalue weighted by Crippen LogP contribution is 2.47. The first-order chi connectivity index (χ1) is 26.0. The molecule has 9 heteroatoms. The van der Waals surface area contributed by atoms with E-state index in [4.69, 9.17) is 5.73 Å². The number of dihydropyridines is 1. The average Bonchev–Trinajstić information content (AvgIpc) is 3.69. The van der Waals surface area contributed by atoms with Gasteiger partial charge >= 0.3 is 5.97 Å². The van der Waals surface area contributed by atoms with Crippen molar-refractivity contribution in [2.45, 2.75) is 141 Å². The number of aliphatic carboxylic acids is 1. The van der Waals surface area contributed by atoms with E-state index in [1.807, 2.05) is 18.2 Å². The van der Waals surface area contributed by atoms with E-state index in [9.17, 15) is 30.3 Å². The van der Waals surface area contributed by atoms with E-state index in [2.05, 4.69) is 48.4 Å². The topological polar surface area (TPSA) is 172 Å². The molecule has 0 bridgehead atoms. The number of phenols is 1. The molecule has 0 radical (unpaired) electrons. The summed E-state index contributed by atoms with van der Waals surface area (Å²) in [6.45, 7) is 5.00. The van der Waals surface area contributed by atoms with E-state index in [0.717, 1.165) is 79.5 Å². The highest BCUT2D eigenvalue weighted by Gasteiger charge is 2.46. The molecule has 9 N–H and O–H groups in total. The number of hydrogen-bond acceptors (Lipinski definition) is 7. The van der Waals surface area contributed by atoms with Crippen molar-refractivity contribution in [2.75, 3.05) is 6.54 Å². The summed E-state index contributed by atoms with van der Waals surface area (Å²) in [5.41, 5.74) is 10.2. The normalized spacial score (nSPS) is 26.6. The number of carbonyl (C=O) groups is 1. The molecule has 0 spiro atoms. The number of aliphatic hydroxyl groups is 3. The molecule has 54 heavy (non-hydrogen) atoms. The first-order valence-corrected chi connectivity index (χ1v) is 20.9. The predicted molar refractivity (Wildman–Crippen MR) is 215 cm³/mol. The maximum absolute atomic E-state index is 12.4. The maximum atomic E-state index is 12.4. The van der Waals surface area contributed by atoms with Gasteiger partial charge in [0, 0.05) is 29.4 Å². The molecule has 0 amide bonds. The van der Waals surface area contributed by atoms with E-state index in [-0.39, 0.29) is 36.0 Å². The maximum Gasteiger partial charge on any atom is 0.309 e. The van der Waals surface area contributed by atoms with Gasteiger partial charge in [0.2, 0.25) is 0 Å². The second-order valence-corrected chi connectivity index (χ2v) is 16.7. The summed E-state index contributed by atoms with van der Waals surface area (Å²) in [7, 11) is 0. The Bertz CT molecular complexity index is 1600. The molecule has 8 atom stereocenters. The van der Waals surface area contributed by atoms with Gasteiger partial charge in [-0.1, -0.05) is 82.7 Å². The number of carboxylic acid groups (broad SMARTS) is 1. The van der Waals surface area contributed by atoms with Crippen molar-refractivity contribution in [2.24, 2.45) is 35.3 Å². The van der Waals surface area contributed by atoms with Gasteiger partial charge in [0.25, 0.3) is 0 Å². The van der Waals surface area contributed by atoms with Gasteiger partial charge in [-0.3, -0.25) is 4.79 Å². The van der Waals surface area contributed by atoms with E-state index in [1.165, 1.54) is 19.3 Å². The van der Waals surface area contributed by atoms with Crippen molar-refractivity contribution in [3.05, 3.63) is 77.3 Å². The Kier molecular flexibility index (Phi) is 15.3. The summed E-state index contributed by atoms with van der Waals surface area (Å²) in [6, 6.07) is 9.39. The number of benzene rings is 1. The predicted octanol–water partition coefficient (Wildman–Crippen LogP) is 7.90. The summed E-state index contributed by atoms with van der Waals surface area (Å²) in [5.74, 6) is -0.256. The number of hydrogen-bond donors (Lipinski definition) is 8. The molecule has 1 aromatic carbocycles. The lowest BCUT2D eigenvalue weighted by molar-refractivity contribution is -0.146. The fourth-order valence-corrected chi connectivity index (χ4v) is 9.48. The Balaban J connectivity index is 1.18. The number of aromatic amines is 1. The van der Waals surface area contributed by atoms with Crippen molar-refractivity contribution in [3.63, 3.8) is 0 Å². The van der Waals surface area contributed by atoms with Gasteiger partial charge in [-0.2, -0.15) is 0 Å². The van der Waals surface area contributed by atoms with Crippen LogP contribution in [0.15, 0.2) is 66.0 Å². The molecule has 2 aliphatic carbocycles. The zero-order valence-electron chi connectivity index (χ0n) is 32.7. The average molecular weight is 746 g/mol. The quantitative estimate of drug-likeness (QED) is 0.0471. The van der Waals surface area contributed by atoms with Crippen LogP contribution >= 0.6 is 0 Å². The van der Waals surface area contributed by atoms with Gasteiger partial charge in [-0.25, -0.2) is 0 Å². The molecule has 5 rings (SSSR count). The van der Waals surface area contributed by atoms with Gasteiger partial charge in [-0.15, -0.1) is 0 Å². The lowest BCUT2D eigenvalue weighted by Crippen LogP contribution is -2.37. The number of rotatable bonds is 21. The lowest BCUT2D eigenvalue weighted by Gasteiger charge is -2.32. The molecule has 9 nitrogen and oxygen atoms in total. The largest absolute Gasteiger partial charge is 0.508 e. The van der Waals surface area contributed by atoms with E-state index in [0.29, 0.717) is 50.4 Å². The van der Waals surface area contributed by atoms with E-state index >= 15 is 0 Å². The Hall–Kier alpha value is -3.53. The third-order valence-electron chi connectivity index (χ3n) is 12.5. The number of aliphatic hydroxyl groups excluding tert-OH is 2. The molecule has 2 aromatic rings. The van der Waals surface area contributed by atoms with Crippen LogP contribution in [-0.2, 0) is 17.6 Å². The molecular formula is C45H67N3O6. The number of allylic oxidation sites excluding steroid dienone is 3. The minimum absolute atomic E-state index is 0.0854. The molecule has 1 saturated carbocycles. The summed E-state index contributed by atoms with van der Waals surface area (Å²) in [4.78, 5) is 16.0. The molecule has 1 aliphatic heterocycles. The zero-order chi connectivity index (χ0) is 38.7. The molecule has 1 aromatic heterocycles. The van der Waals surface area contributed by atoms with Crippen LogP contribution in [0.25, 0.3) is 11.3 Å².